The molecule has 2 rings (SSSR count). The highest BCUT2D eigenvalue weighted by Crippen LogP contribution is 2.23. The molecule has 0 spiro atoms. The molecular weight excluding hydrogens is 262 g/mol. The fraction of sp³-hybridized carbons (Fsp3) is 0.333. The van der Waals surface area contributed by atoms with Gasteiger partial charge in [0, 0.05) is 23.7 Å². The standard InChI is InChI=1S/C18H23NO2/c1-18(2,11-10-14-6-4-3-5-7-14)19-13-15-8-9-16(20)12-17(15)21/h3-9,12,19-21H,10-11,13H2,1-2H3. The van der Waals surface area contributed by atoms with Gasteiger partial charge in [-0.3, -0.25) is 0 Å². The van der Waals surface area contributed by atoms with E-state index in [-0.39, 0.29) is 17.0 Å². The highest BCUT2D eigenvalue weighted by Gasteiger charge is 2.17. The van der Waals surface area contributed by atoms with Gasteiger partial charge in [0.25, 0.3) is 0 Å². The van der Waals surface area contributed by atoms with Gasteiger partial charge in [0.2, 0.25) is 0 Å². The molecule has 0 aliphatic heterocycles. The molecule has 0 fully saturated rings. The smallest absolute Gasteiger partial charge is 0.123 e. The second-order valence-corrected chi connectivity index (χ2v) is 6.04. The number of aromatic hydroxyl groups is 2. The molecule has 0 amide bonds. The van der Waals surface area contributed by atoms with Crippen LogP contribution in [0.2, 0.25) is 0 Å². The molecule has 0 saturated heterocycles. The summed E-state index contributed by atoms with van der Waals surface area (Å²) in [6.07, 6.45) is 2.03. The molecule has 0 unspecified atom stereocenters. The van der Waals surface area contributed by atoms with Crippen LogP contribution in [0.3, 0.4) is 0 Å². The Bertz CT molecular complexity index is 579. The lowest BCUT2D eigenvalue weighted by atomic mass is 9.95. The summed E-state index contributed by atoms with van der Waals surface area (Å²) in [6.45, 7) is 4.90. The lowest BCUT2D eigenvalue weighted by molar-refractivity contribution is 0.355. The van der Waals surface area contributed by atoms with Gasteiger partial charge in [0.05, 0.1) is 0 Å². The Balaban J connectivity index is 1.88. The number of benzene rings is 2. The van der Waals surface area contributed by atoms with Crippen LogP contribution in [0.25, 0.3) is 0 Å². The van der Waals surface area contributed by atoms with Crippen LogP contribution >= 0.6 is 0 Å². The number of hydrogen-bond donors (Lipinski definition) is 3. The van der Waals surface area contributed by atoms with Crippen molar-refractivity contribution in [2.75, 3.05) is 0 Å². The predicted molar refractivity (Wildman–Crippen MR) is 85.5 cm³/mol. The minimum Gasteiger partial charge on any atom is -0.508 e. The van der Waals surface area contributed by atoms with Crippen molar-refractivity contribution in [1.82, 2.24) is 5.32 Å². The molecule has 0 bridgehead atoms. The van der Waals surface area contributed by atoms with Gasteiger partial charge in [-0.2, -0.15) is 0 Å². The van der Waals surface area contributed by atoms with E-state index in [4.69, 9.17) is 0 Å². The number of aryl methyl sites for hydroxylation is 1. The first-order valence-corrected chi connectivity index (χ1v) is 7.26. The monoisotopic (exact) mass is 285 g/mol. The maximum absolute atomic E-state index is 9.80. The van der Waals surface area contributed by atoms with E-state index in [2.05, 4.69) is 43.4 Å². The van der Waals surface area contributed by atoms with Gasteiger partial charge in [-0.05, 0) is 38.3 Å². The Hall–Kier alpha value is -2.00. The maximum atomic E-state index is 9.80. The molecule has 3 heteroatoms. The van der Waals surface area contributed by atoms with Crippen LogP contribution in [0.1, 0.15) is 31.4 Å². The van der Waals surface area contributed by atoms with Gasteiger partial charge in [-0.15, -0.1) is 0 Å². The number of nitrogens with one attached hydrogen (secondary N) is 1. The van der Waals surface area contributed by atoms with Gasteiger partial charge in [0.15, 0.2) is 0 Å². The summed E-state index contributed by atoms with van der Waals surface area (Å²) in [6, 6.07) is 15.1. The topological polar surface area (TPSA) is 52.5 Å². The highest BCUT2D eigenvalue weighted by atomic mass is 16.3. The van der Waals surface area contributed by atoms with Gasteiger partial charge < -0.3 is 15.5 Å². The normalized spacial score (nSPS) is 11.5. The minimum atomic E-state index is -0.0276. The molecule has 3 nitrogen and oxygen atoms in total. The third kappa shape index (κ3) is 4.80. The summed E-state index contributed by atoms with van der Waals surface area (Å²) < 4.78 is 0. The lowest BCUT2D eigenvalue weighted by Gasteiger charge is -2.27. The number of rotatable bonds is 6. The van der Waals surface area contributed by atoms with Crippen molar-refractivity contribution < 1.29 is 10.2 Å². The molecule has 0 aromatic heterocycles. The fourth-order valence-corrected chi connectivity index (χ4v) is 2.23. The molecule has 0 aliphatic rings. The number of phenols is 2. The van der Waals surface area contributed by atoms with E-state index in [1.807, 2.05) is 6.07 Å². The summed E-state index contributed by atoms with van der Waals surface area (Å²) in [5.74, 6) is 0.209. The van der Waals surface area contributed by atoms with Crippen molar-refractivity contribution in [1.29, 1.82) is 0 Å². The first-order chi connectivity index (χ1) is 9.96. The number of phenolic OH excluding ortho intramolecular Hbond substituents is 2. The summed E-state index contributed by atoms with van der Waals surface area (Å²) in [7, 11) is 0. The average Bonchev–Trinajstić information content (AvgIpc) is 2.45. The molecule has 112 valence electrons. The van der Waals surface area contributed by atoms with E-state index in [1.54, 1.807) is 12.1 Å². The lowest BCUT2D eigenvalue weighted by Crippen LogP contribution is -2.39. The van der Waals surface area contributed by atoms with Crippen molar-refractivity contribution in [3.63, 3.8) is 0 Å². The third-order valence-electron chi connectivity index (χ3n) is 3.71. The molecule has 0 saturated carbocycles. The summed E-state index contributed by atoms with van der Waals surface area (Å²) >= 11 is 0. The molecule has 3 N–H and O–H groups in total. The highest BCUT2D eigenvalue weighted by molar-refractivity contribution is 5.38. The maximum Gasteiger partial charge on any atom is 0.123 e. The second kappa shape index (κ2) is 6.64. The van der Waals surface area contributed by atoms with E-state index in [0.29, 0.717) is 6.54 Å². The van der Waals surface area contributed by atoms with Crippen molar-refractivity contribution in [3.05, 3.63) is 59.7 Å². The van der Waals surface area contributed by atoms with Crippen LogP contribution < -0.4 is 5.32 Å². The Kier molecular flexibility index (Phi) is 4.86. The van der Waals surface area contributed by atoms with E-state index in [9.17, 15) is 10.2 Å². The molecular formula is C18H23NO2. The molecule has 0 atom stereocenters. The van der Waals surface area contributed by atoms with E-state index in [1.165, 1.54) is 11.6 Å². The first kappa shape index (κ1) is 15.4. The van der Waals surface area contributed by atoms with Gasteiger partial charge in [-0.1, -0.05) is 36.4 Å². The number of hydrogen-bond acceptors (Lipinski definition) is 3. The summed E-state index contributed by atoms with van der Waals surface area (Å²) in [5, 5.41) is 22.6. The zero-order valence-electron chi connectivity index (χ0n) is 12.6. The Morgan fingerprint density at radius 3 is 2.38 bits per heavy atom. The van der Waals surface area contributed by atoms with Crippen LogP contribution in [-0.2, 0) is 13.0 Å². The first-order valence-electron chi connectivity index (χ1n) is 7.26. The largest absolute Gasteiger partial charge is 0.508 e. The Morgan fingerprint density at radius 1 is 1.00 bits per heavy atom. The third-order valence-corrected chi connectivity index (χ3v) is 3.71. The van der Waals surface area contributed by atoms with Crippen molar-refractivity contribution in [3.8, 4) is 11.5 Å². The Labute approximate surface area is 126 Å². The summed E-state index contributed by atoms with van der Waals surface area (Å²) in [5.41, 5.74) is 2.10. The molecule has 0 heterocycles. The molecule has 21 heavy (non-hydrogen) atoms. The van der Waals surface area contributed by atoms with Gasteiger partial charge >= 0.3 is 0 Å². The molecule has 0 radical (unpaired) electrons. The van der Waals surface area contributed by atoms with Crippen LogP contribution in [0.15, 0.2) is 48.5 Å². The van der Waals surface area contributed by atoms with E-state index < -0.39 is 0 Å². The van der Waals surface area contributed by atoms with Crippen LogP contribution in [0.5, 0.6) is 11.5 Å². The van der Waals surface area contributed by atoms with Crippen LogP contribution in [-0.4, -0.2) is 15.8 Å². The van der Waals surface area contributed by atoms with Crippen molar-refractivity contribution in [2.24, 2.45) is 0 Å². The molecule has 0 aliphatic carbocycles. The Morgan fingerprint density at radius 2 is 1.71 bits per heavy atom. The SMILES string of the molecule is CC(C)(CCc1ccccc1)NCc1ccc(O)cc1O. The van der Waals surface area contributed by atoms with E-state index >= 15 is 0 Å². The van der Waals surface area contributed by atoms with Crippen molar-refractivity contribution in [2.45, 2.75) is 38.8 Å². The van der Waals surface area contributed by atoms with Gasteiger partial charge in [-0.25, -0.2) is 0 Å². The van der Waals surface area contributed by atoms with Crippen LogP contribution in [0.4, 0.5) is 0 Å². The second-order valence-electron chi connectivity index (χ2n) is 6.04. The zero-order chi connectivity index (χ0) is 15.3. The zero-order valence-corrected chi connectivity index (χ0v) is 12.6. The summed E-state index contributed by atoms with van der Waals surface area (Å²) in [4.78, 5) is 0. The molecule has 2 aromatic rings. The molecule has 2 aromatic carbocycles. The minimum absolute atomic E-state index is 0.0276. The average molecular weight is 285 g/mol. The van der Waals surface area contributed by atoms with Crippen LogP contribution in [0, 0.1) is 0 Å². The van der Waals surface area contributed by atoms with Crippen molar-refractivity contribution >= 4 is 0 Å². The quantitative estimate of drug-likeness (QED) is 0.760. The predicted octanol–water partition coefficient (Wildman–Crippen LogP) is 3.60. The van der Waals surface area contributed by atoms with Gasteiger partial charge in [0.1, 0.15) is 11.5 Å². The fourth-order valence-electron chi connectivity index (χ4n) is 2.23. The van der Waals surface area contributed by atoms with E-state index in [0.717, 1.165) is 18.4 Å².